The number of carboxylic acid groups (broad SMARTS) is 1. The van der Waals surface area contributed by atoms with Crippen molar-refractivity contribution in [1.82, 2.24) is 0 Å². The zero-order chi connectivity index (χ0) is 14.1. The zero-order valence-electron chi connectivity index (χ0n) is 10.5. The number of fused-ring (bicyclic) bond motifs is 2. The van der Waals surface area contributed by atoms with Crippen LogP contribution in [0.1, 0.15) is 11.1 Å². The van der Waals surface area contributed by atoms with Crippen molar-refractivity contribution in [1.29, 1.82) is 0 Å². The average Bonchev–Trinajstić information content (AvgIpc) is 2.58. The van der Waals surface area contributed by atoms with Crippen molar-refractivity contribution in [2.24, 2.45) is 0 Å². The molecule has 0 spiro atoms. The third-order valence-electron chi connectivity index (χ3n) is 3.24. The van der Waals surface area contributed by atoms with Gasteiger partial charge in [0, 0.05) is 5.69 Å². The van der Waals surface area contributed by atoms with E-state index < -0.39 is 6.09 Å². The molecule has 0 saturated heterocycles. The molecule has 1 heterocycles. The van der Waals surface area contributed by atoms with E-state index in [9.17, 15) is 4.79 Å². The molecule has 0 fully saturated rings. The first-order valence-electron chi connectivity index (χ1n) is 6.21. The highest BCUT2D eigenvalue weighted by Crippen LogP contribution is 2.39. The Labute approximate surface area is 124 Å². The molecule has 0 aromatic heterocycles. The van der Waals surface area contributed by atoms with Gasteiger partial charge in [-0.2, -0.15) is 0 Å². The van der Waals surface area contributed by atoms with Crippen molar-refractivity contribution in [2.45, 2.75) is 12.8 Å². The van der Waals surface area contributed by atoms with Gasteiger partial charge in [0.25, 0.3) is 0 Å². The molecule has 4 nitrogen and oxygen atoms in total. The first kappa shape index (κ1) is 13.0. The first-order valence-corrected chi connectivity index (χ1v) is 7.01. The Morgan fingerprint density at radius 2 is 2.00 bits per heavy atom. The van der Waals surface area contributed by atoms with Crippen LogP contribution in [0.3, 0.4) is 0 Å². The second kappa shape index (κ2) is 5.17. The molecule has 0 radical (unpaired) electrons. The summed E-state index contributed by atoms with van der Waals surface area (Å²) in [6, 6.07) is 11.3. The molecule has 20 heavy (non-hydrogen) atoms. The Kier molecular flexibility index (Phi) is 3.36. The normalized spacial score (nSPS) is 12.7. The lowest BCUT2D eigenvalue weighted by Gasteiger charge is -2.11. The van der Waals surface area contributed by atoms with Gasteiger partial charge < -0.3 is 9.84 Å². The van der Waals surface area contributed by atoms with Gasteiger partial charge in [-0.15, -0.1) is 0 Å². The number of hydrogen-bond acceptors (Lipinski definition) is 2. The lowest BCUT2D eigenvalue weighted by molar-refractivity contribution is 0.209. The van der Waals surface area contributed by atoms with Gasteiger partial charge in [0.15, 0.2) is 0 Å². The molecule has 102 valence electrons. The summed E-state index contributed by atoms with van der Waals surface area (Å²) >= 11 is 3.50. The highest BCUT2D eigenvalue weighted by atomic mass is 79.9. The van der Waals surface area contributed by atoms with Crippen LogP contribution in [0.4, 0.5) is 10.5 Å². The van der Waals surface area contributed by atoms with E-state index in [1.165, 1.54) is 0 Å². The fourth-order valence-corrected chi connectivity index (χ4v) is 2.81. The van der Waals surface area contributed by atoms with E-state index in [1.807, 2.05) is 24.3 Å². The van der Waals surface area contributed by atoms with E-state index in [0.29, 0.717) is 5.69 Å². The van der Waals surface area contributed by atoms with Crippen LogP contribution in [0, 0.1) is 0 Å². The molecular weight excluding hydrogens is 322 g/mol. The Bertz CT molecular complexity index is 685. The summed E-state index contributed by atoms with van der Waals surface area (Å²) in [4.78, 5) is 10.7. The Morgan fingerprint density at radius 3 is 2.80 bits per heavy atom. The number of aryl methyl sites for hydroxylation is 2. The Balaban J connectivity index is 1.98. The molecule has 0 aliphatic carbocycles. The number of halogens is 1. The summed E-state index contributed by atoms with van der Waals surface area (Å²) < 4.78 is 6.90. The standard InChI is InChI=1S/C15H12BrNO3/c16-12-3-1-2-9-4-5-10-8-11(17-15(18)19)6-7-13(10)20-14(9)12/h1-3,6-8,17H,4-5H2,(H,18,19). The van der Waals surface area contributed by atoms with Crippen LogP contribution >= 0.6 is 15.9 Å². The van der Waals surface area contributed by atoms with Crippen LogP contribution in [0.15, 0.2) is 40.9 Å². The summed E-state index contributed by atoms with van der Waals surface area (Å²) in [6.07, 6.45) is 0.609. The maximum absolute atomic E-state index is 10.7. The SMILES string of the molecule is O=C(O)Nc1ccc2c(c1)CCc1cccc(Br)c1O2. The van der Waals surface area contributed by atoms with E-state index in [2.05, 4.69) is 21.2 Å². The second-order valence-corrected chi connectivity index (χ2v) is 5.44. The van der Waals surface area contributed by atoms with Crippen molar-refractivity contribution in [3.63, 3.8) is 0 Å². The van der Waals surface area contributed by atoms with Gasteiger partial charge in [0.1, 0.15) is 11.5 Å². The zero-order valence-corrected chi connectivity index (χ0v) is 12.1. The van der Waals surface area contributed by atoms with Crippen LogP contribution in [0.2, 0.25) is 0 Å². The maximum atomic E-state index is 10.7. The molecule has 2 N–H and O–H groups in total. The van der Waals surface area contributed by atoms with E-state index in [0.717, 1.165) is 39.9 Å². The van der Waals surface area contributed by atoms with Crippen molar-refractivity contribution in [3.05, 3.63) is 52.0 Å². The number of para-hydroxylation sites is 1. The van der Waals surface area contributed by atoms with Crippen LogP contribution in [0.5, 0.6) is 11.5 Å². The monoisotopic (exact) mass is 333 g/mol. The van der Waals surface area contributed by atoms with Crippen LogP contribution in [-0.4, -0.2) is 11.2 Å². The second-order valence-electron chi connectivity index (χ2n) is 4.58. The molecule has 1 amide bonds. The summed E-state index contributed by atoms with van der Waals surface area (Å²) in [7, 11) is 0. The topological polar surface area (TPSA) is 58.6 Å². The van der Waals surface area contributed by atoms with Gasteiger partial charge in [-0.25, -0.2) is 4.79 Å². The van der Waals surface area contributed by atoms with E-state index >= 15 is 0 Å². The molecule has 0 unspecified atom stereocenters. The van der Waals surface area contributed by atoms with Crippen molar-refractivity contribution < 1.29 is 14.6 Å². The van der Waals surface area contributed by atoms with Gasteiger partial charge in [-0.1, -0.05) is 12.1 Å². The molecule has 0 saturated carbocycles. The number of benzene rings is 2. The highest BCUT2D eigenvalue weighted by Gasteiger charge is 2.17. The Morgan fingerprint density at radius 1 is 1.20 bits per heavy atom. The molecule has 1 aliphatic rings. The lowest BCUT2D eigenvalue weighted by Crippen LogP contribution is -2.07. The number of hydrogen-bond donors (Lipinski definition) is 2. The minimum Gasteiger partial charge on any atom is -0.465 e. The predicted molar refractivity (Wildman–Crippen MR) is 79.7 cm³/mol. The minimum absolute atomic E-state index is 0.560. The van der Waals surface area contributed by atoms with Crippen molar-refractivity contribution >= 4 is 27.7 Å². The first-order chi connectivity index (χ1) is 9.63. The Hall–Kier alpha value is -2.01. The smallest absolute Gasteiger partial charge is 0.409 e. The van der Waals surface area contributed by atoms with Gasteiger partial charge in [-0.05, 0) is 64.2 Å². The largest absolute Gasteiger partial charge is 0.465 e. The third-order valence-corrected chi connectivity index (χ3v) is 3.86. The molecular formula is C15H12BrNO3. The number of rotatable bonds is 1. The van der Waals surface area contributed by atoms with Crippen molar-refractivity contribution in [2.75, 3.05) is 5.32 Å². The van der Waals surface area contributed by atoms with Crippen LogP contribution in [0.25, 0.3) is 0 Å². The van der Waals surface area contributed by atoms with E-state index in [1.54, 1.807) is 12.1 Å². The number of nitrogens with one attached hydrogen (secondary N) is 1. The number of amides is 1. The van der Waals surface area contributed by atoms with Gasteiger partial charge in [0.2, 0.25) is 0 Å². The summed E-state index contributed by atoms with van der Waals surface area (Å²) in [5.41, 5.74) is 2.70. The van der Waals surface area contributed by atoms with E-state index in [-0.39, 0.29) is 0 Å². The number of ether oxygens (including phenoxy) is 1. The quantitative estimate of drug-likeness (QED) is 0.811. The summed E-state index contributed by atoms with van der Waals surface area (Å²) in [5, 5.41) is 11.1. The van der Waals surface area contributed by atoms with Gasteiger partial charge in [0.05, 0.1) is 4.47 Å². The predicted octanol–water partition coefficient (Wildman–Crippen LogP) is 4.43. The highest BCUT2D eigenvalue weighted by molar-refractivity contribution is 9.10. The minimum atomic E-state index is -1.06. The summed E-state index contributed by atoms with van der Waals surface area (Å²) in [6.45, 7) is 0. The molecule has 0 bridgehead atoms. The molecule has 2 aromatic carbocycles. The maximum Gasteiger partial charge on any atom is 0.409 e. The fourth-order valence-electron chi connectivity index (χ4n) is 2.32. The van der Waals surface area contributed by atoms with Crippen LogP contribution < -0.4 is 10.1 Å². The summed E-state index contributed by atoms with van der Waals surface area (Å²) in [5.74, 6) is 1.61. The van der Waals surface area contributed by atoms with Gasteiger partial charge in [-0.3, -0.25) is 5.32 Å². The van der Waals surface area contributed by atoms with Crippen LogP contribution in [-0.2, 0) is 12.8 Å². The number of carbonyl (C=O) groups is 1. The molecule has 0 atom stereocenters. The average molecular weight is 334 g/mol. The van der Waals surface area contributed by atoms with Gasteiger partial charge >= 0.3 is 6.09 Å². The molecule has 5 heteroatoms. The molecule has 1 aliphatic heterocycles. The third kappa shape index (κ3) is 2.49. The molecule has 3 rings (SSSR count). The fraction of sp³-hybridized carbons (Fsp3) is 0.133. The molecule has 2 aromatic rings. The lowest BCUT2D eigenvalue weighted by atomic mass is 10.0. The van der Waals surface area contributed by atoms with E-state index in [4.69, 9.17) is 9.84 Å². The van der Waals surface area contributed by atoms with Crippen molar-refractivity contribution in [3.8, 4) is 11.5 Å². The number of anilines is 1.